The number of aromatic nitrogens is 1. The molecule has 0 radical (unpaired) electrons. The lowest BCUT2D eigenvalue weighted by atomic mass is 10.1. The lowest BCUT2D eigenvalue weighted by Crippen LogP contribution is -2.35. The second-order valence-electron chi connectivity index (χ2n) is 7.23. The number of pyridine rings is 1. The SMILES string of the molecule is CCN(Cc1cccc(CNC(C)(C)C)n1)C1CCCC1. The molecule has 3 heteroatoms. The first kappa shape index (κ1) is 16.4. The van der Waals surface area contributed by atoms with Crippen molar-refractivity contribution in [3.05, 3.63) is 29.6 Å². The molecule has 1 heterocycles. The monoisotopic (exact) mass is 289 g/mol. The second kappa shape index (κ2) is 7.37. The molecule has 1 aromatic rings. The smallest absolute Gasteiger partial charge is 0.0547 e. The standard InChI is InChI=1S/C18H31N3/c1-5-21(17-11-6-7-12-17)14-16-10-8-9-15(20-16)13-19-18(2,3)4/h8-10,17,19H,5-7,11-14H2,1-4H3. The van der Waals surface area contributed by atoms with Gasteiger partial charge in [-0.25, -0.2) is 0 Å². The van der Waals surface area contributed by atoms with Gasteiger partial charge in [-0.05, 0) is 52.3 Å². The maximum atomic E-state index is 4.83. The van der Waals surface area contributed by atoms with E-state index in [0.29, 0.717) is 0 Å². The summed E-state index contributed by atoms with van der Waals surface area (Å²) >= 11 is 0. The molecule has 0 bridgehead atoms. The first-order valence-corrected chi connectivity index (χ1v) is 8.42. The van der Waals surface area contributed by atoms with Gasteiger partial charge in [0.05, 0.1) is 11.4 Å². The van der Waals surface area contributed by atoms with Crippen molar-refractivity contribution in [1.29, 1.82) is 0 Å². The third-order valence-electron chi connectivity index (χ3n) is 4.28. The summed E-state index contributed by atoms with van der Waals surface area (Å²) in [5, 5.41) is 3.51. The van der Waals surface area contributed by atoms with Crippen LogP contribution in [0.25, 0.3) is 0 Å². The molecular weight excluding hydrogens is 258 g/mol. The van der Waals surface area contributed by atoms with Crippen molar-refractivity contribution in [2.75, 3.05) is 6.54 Å². The second-order valence-corrected chi connectivity index (χ2v) is 7.23. The molecule has 1 aliphatic rings. The quantitative estimate of drug-likeness (QED) is 0.865. The van der Waals surface area contributed by atoms with E-state index in [1.807, 2.05) is 0 Å². The van der Waals surface area contributed by atoms with Crippen molar-refractivity contribution in [3.8, 4) is 0 Å². The van der Waals surface area contributed by atoms with E-state index in [9.17, 15) is 0 Å². The minimum atomic E-state index is 0.136. The maximum Gasteiger partial charge on any atom is 0.0547 e. The summed E-state index contributed by atoms with van der Waals surface area (Å²) in [5.41, 5.74) is 2.48. The van der Waals surface area contributed by atoms with Crippen molar-refractivity contribution >= 4 is 0 Å². The fraction of sp³-hybridized carbons (Fsp3) is 0.722. The molecule has 0 unspecified atom stereocenters. The summed E-state index contributed by atoms with van der Waals surface area (Å²) in [7, 11) is 0. The third kappa shape index (κ3) is 5.40. The molecule has 2 rings (SSSR count). The highest BCUT2D eigenvalue weighted by Crippen LogP contribution is 2.24. The fourth-order valence-electron chi connectivity index (χ4n) is 3.05. The van der Waals surface area contributed by atoms with Crippen LogP contribution in [0.3, 0.4) is 0 Å². The van der Waals surface area contributed by atoms with E-state index in [1.165, 1.54) is 31.4 Å². The van der Waals surface area contributed by atoms with Crippen molar-refractivity contribution in [3.63, 3.8) is 0 Å². The maximum absolute atomic E-state index is 4.83. The Morgan fingerprint density at radius 1 is 1.19 bits per heavy atom. The van der Waals surface area contributed by atoms with Crippen LogP contribution in [-0.2, 0) is 13.1 Å². The molecule has 0 saturated heterocycles. The van der Waals surface area contributed by atoms with Crippen molar-refractivity contribution < 1.29 is 0 Å². The minimum absolute atomic E-state index is 0.136. The van der Waals surface area contributed by atoms with Crippen LogP contribution in [0.5, 0.6) is 0 Å². The van der Waals surface area contributed by atoms with Gasteiger partial charge in [0.15, 0.2) is 0 Å². The Kier molecular flexibility index (Phi) is 5.77. The van der Waals surface area contributed by atoms with E-state index < -0.39 is 0 Å². The highest BCUT2D eigenvalue weighted by atomic mass is 15.2. The van der Waals surface area contributed by atoms with Crippen LogP contribution in [0, 0.1) is 0 Å². The molecule has 1 saturated carbocycles. The van der Waals surface area contributed by atoms with Gasteiger partial charge in [0, 0.05) is 24.7 Å². The predicted molar refractivity (Wildman–Crippen MR) is 89.2 cm³/mol. The molecule has 0 aromatic carbocycles. The van der Waals surface area contributed by atoms with Gasteiger partial charge in [0.25, 0.3) is 0 Å². The van der Waals surface area contributed by atoms with E-state index in [0.717, 1.165) is 31.4 Å². The zero-order valence-electron chi connectivity index (χ0n) is 14.2. The number of rotatable bonds is 6. The first-order valence-electron chi connectivity index (χ1n) is 8.42. The van der Waals surface area contributed by atoms with Gasteiger partial charge in [-0.1, -0.05) is 25.8 Å². The first-order chi connectivity index (χ1) is 9.98. The summed E-state index contributed by atoms with van der Waals surface area (Å²) in [6, 6.07) is 7.20. The Bertz CT molecular complexity index is 430. The predicted octanol–water partition coefficient (Wildman–Crippen LogP) is 3.73. The van der Waals surface area contributed by atoms with Crippen LogP contribution in [-0.4, -0.2) is 28.0 Å². The fourth-order valence-corrected chi connectivity index (χ4v) is 3.05. The molecule has 1 aliphatic carbocycles. The Morgan fingerprint density at radius 2 is 1.86 bits per heavy atom. The highest BCUT2D eigenvalue weighted by Gasteiger charge is 2.21. The summed E-state index contributed by atoms with van der Waals surface area (Å²) in [4.78, 5) is 7.42. The molecule has 21 heavy (non-hydrogen) atoms. The summed E-state index contributed by atoms with van der Waals surface area (Å²) in [5.74, 6) is 0. The van der Waals surface area contributed by atoms with Crippen molar-refractivity contribution in [2.45, 2.75) is 78.0 Å². The van der Waals surface area contributed by atoms with Crippen molar-refractivity contribution in [2.24, 2.45) is 0 Å². The van der Waals surface area contributed by atoms with E-state index in [4.69, 9.17) is 4.98 Å². The molecule has 118 valence electrons. The summed E-state index contributed by atoms with van der Waals surface area (Å²) in [6.07, 6.45) is 5.51. The van der Waals surface area contributed by atoms with Crippen LogP contribution < -0.4 is 5.32 Å². The van der Waals surface area contributed by atoms with E-state index in [1.54, 1.807) is 0 Å². The number of hydrogen-bond acceptors (Lipinski definition) is 3. The average Bonchev–Trinajstić information content (AvgIpc) is 2.96. The highest BCUT2D eigenvalue weighted by molar-refractivity contribution is 5.11. The number of nitrogens with zero attached hydrogens (tertiary/aromatic N) is 2. The van der Waals surface area contributed by atoms with Gasteiger partial charge in [-0.15, -0.1) is 0 Å². The lowest BCUT2D eigenvalue weighted by Gasteiger charge is -2.27. The van der Waals surface area contributed by atoms with Crippen LogP contribution in [0.2, 0.25) is 0 Å². The molecule has 0 aliphatic heterocycles. The van der Waals surface area contributed by atoms with Gasteiger partial charge in [0.1, 0.15) is 0 Å². The van der Waals surface area contributed by atoms with Crippen LogP contribution >= 0.6 is 0 Å². The topological polar surface area (TPSA) is 28.2 Å². The molecule has 3 nitrogen and oxygen atoms in total. The van der Waals surface area contributed by atoms with Gasteiger partial charge in [0.2, 0.25) is 0 Å². The molecular formula is C18H31N3. The largest absolute Gasteiger partial charge is 0.306 e. The third-order valence-corrected chi connectivity index (χ3v) is 4.28. The molecule has 0 amide bonds. The molecule has 1 aromatic heterocycles. The van der Waals surface area contributed by atoms with E-state index in [-0.39, 0.29) is 5.54 Å². The molecule has 1 N–H and O–H groups in total. The number of nitrogens with one attached hydrogen (secondary N) is 1. The van der Waals surface area contributed by atoms with Crippen LogP contribution in [0.15, 0.2) is 18.2 Å². The van der Waals surface area contributed by atoms with Gasteiger partial charge in [-0.2, -0.15) is 0 Å². The van der Waals surface area contributed by atoms with Gasteiger partial charge < -0.3 is 5.32 Å². The zero-order valence-corrected chi connectivity index (χ0v) is 14.2. The van der Waals surface area contributed by atoms with E-state index in [2.05, 4.69) is 56.1 Å². The number of hydrogen-bond donors (Lipinski definition) is 1. The lowest BCUT2D eigenvalue weighted by molar-refractivity contribution is 0.198. The Labute approximate surface area is 130 Å². The van der Waals surface area contributed by atoms with Crippen molar-refractivity contribution in [1.82, 2.24) is 15.2 Å². The molecule has 1 fully saturated rings. The Hall–Kier alpha value is -0.930. The van der Waals surface area contributed by atoms with E-state index >= 15 is 0 Å². The van der Waals surface area contributed by atoms with Crippen LogP contribution in [0.4, 0.5) is 0 Å². The Morgan fingerprint density at radius 3 is 2.48 bits per heavy atom. The summed E-state index contributed by atoms with van der Waals surface area (Å²) in [6.45, 7) is 11.8. The minimum Gasteiger partial charge on any atom is -0.306 e. The van der Waals surface area contributed by atoms with Gasteiger partial charge >= 0.3 is 0 Å². The molecule has 0 atom stereocenters. The normalized spacial score (nSPS) is 16.8. The average molecular weight is 289 g/mol. The molecule has 0 spiro atoms. The van der Waals surface area contributed by atoms with Gasteiger partial charge in [-0.3, -0.25) is 9.88 Å². The van der Waals surface area contributed by atoms with Crippen LogP contribution in [0.1, 0.15) is 64.8 Å². The summed E-state index contributed by atoms with van der Waals surface area (Å²) < 4.78 is 0. The zero-order chi connectivity index (χ0) is 15.3. The Balaban J connectivity index is 1.96.